The molecule has 1 aliphatic rings. The molecular formula is C32H31N3O3S. The second-order valence-electron chi connectivity index (χ2n) is 9.18. The van der Waals surface area contributed by atoms with Crippen molar-refractivity contribution in [2.45, 2.75) is 27.4 Å². The Morgan fingerprint density at radius 2 is 1.62 bits per heavy atom. The van der Waals surface area contributed by atoms with E-state index in [1.165, 1.54) is 11.8 Å². The van der Waals surface area contributed by atoms with Gasteiger partial charge < -0.3 is 14.0 Å². The number of carbonyl (C=O) groups excluding carboxylic acids is 1. The first-order chi connectivity index (χ1) is 19.0. The highest BCUT2D eigenvalue weighted by Gasteiger charge is 2.32. The number of hydrogen-bond acceptors (Lipinski definition) is 5. The zero-order valence-electron chi connectivity index (χ0n) is 22.5. The molecule has 1 saturated heterocycles. The Morgan fingerprint density at radius 3 is 2.28 bits per heavy atom. The fourth-order valence-electron chi connectivity index (χ4n) is 4.54. The van der Waals surface area contributed by atoms with Crippen molar-refractivity contribution in [2.75, 3.05) is 13.7 Å². The molecule has 0 bridgehead atoms. The summed E-state index contributed by atoms with van der Waals surface area (Å²) in [6.07, 6.45) is 1.97. The van der Waals surface area contributed by atoms with E-state index < -0.39 is 0 Å². The molecule has 2 heterocycles. The largest absolute Gasteiger partial charge is 0.497 e. The molecule has 3 aromatic carbocycles. The van der Waals surface area contributed by atoms with Gasteiger partial charge in [0.15, 0.2) is 5.17 Å². The smallest absolute Gasteiger partial charge is 0.266 e. The maximum atomic E-state index is 13.2. The molecular weight excluding hydrogens is 506 g/mol. The Kier molecular flexibility index (Phi) is 7.89. The van der Waals surface area contributed by atoms with Gasteiger partial charge in [-0.25, -0.2) is 4.99 Å². The highest BCUT2D eigenvalue weighted by Crippen LogP contribution is 2.35. The zero-order chi connectivity index (χ0) is 27.4. The van der Waals surface area contributed by atoms with Crippen LogP contribution in [0.2, 0.25) is 0 Å². The van der Waals surface area contributed by atoms with E-state index >= 15 is 0 Å². The summed E-state index contributed by atoms with van der Waals surface area (Å²) in [5, 5.41) is 0.679. The molecule has 0 aliphatic carbocycles. The summed E-state index contributed by atoms with van der Waals surface area (Å²) in [6.45, 7) is 7.20. The molecule has 6 nitrogen and oxygen atoms in total. The van der Waals surface area contributed by atoms with Gasteiger partial charge in [-0.15, -0.1) is 0 Å². The van der Waals surface area contributed by atoms with Gasteiger partial charge in [0, 0.05) is 23.6 Å². The van der Waals surface area contributed by atoms with E-state index in [4.69, 9.17) is 14.5 Å². The number of amidine groups is 1. The number of aromatic nitrogens is 1. The Labute approximate surface area is 233 Å². The van der Waals surface area contributed by atoms with Gasteiger partial charge in [-0.05, 0) is 104 Å². The lowest BCUT2D eigenvalue weighted by Gasteiger charge is -2.12. The molecule has 5 rings (SSSR count). The fourth-order valence-corrected chi connectivity index (χ4v) is 5.60. The van der Waals surface area contributed by atoms with Crippen LogP contribution in [-0.2, 0) is 11.4 Å². The van der Waals surface area contributed by atoms with Crippen LogP contribution in [-0.4, -0.2) is 34.2 Å². The maximum absolute atomic E-state index is 13.2. The molecule has 0 radical (unpaired) electrons. The molecule has 1 aromatic heterocycles. The van der Waals surface area contributed by atoms with Crippen molar-refractivity contribution in [3.05, 3.63) is 112 Å². The van der Waals surface area contributed by atoms with Crippen molar-refractivity contribution in [1.82, 2.24) is 9.47 Å². The number of aliphatic imine (C=N–C) groups is 1. The predicted molar refractivity (Wildman–Crippen MR) is 159 cm³/mol. The molecule has 4 aromatic rings. The first kappa shape index (κ1) is 26.4. The van der Waals surface area contributed by atoms with Crippen LogP contribution < -0.4 is 9.47 Å². The second kappa shape index (κ2) is 11.7. The zero-order valence-corrected chi connectivity index (χ0v) is 23.4. The number of ether oxygens (including phenoxy) is 2. The minimum Gasteiger partial charge on any atom is -0.497 e. The van der Waals surface area contributed by atoms with E-state index in [2.05, 4.69) is 48.7 Å². The molecule has 0 N–H and O–H groups in total. The van der Waals surface area contributed by atoms with Crippen LogP contribution >= 0.6 is 11.8 Å². The predicted octanol–water partition coefficient (Wildman–Crippen LogP) is 7.31. The number of nitrogens with zero attached hydrogens (tertiary/aromatic N) is 3. The summed E-state index contributed by atoms with van der Waals surface area (Å²) in [5.41, 5.74) is 6.12. The molecule has 198 valence electrons. The monoisotopic (exact) mass is 537 g/mol. The molecule has 1 aliphatic heterocycles. The van der Waals surface area contributed by atoms with Gasteiger partial charge in [-0.1, -0.05) is 30.3 Å². The van der Waals surface area contributed by atoms with E-state index in [1.807, 2.05) is 67.6 Å². The number of likely N-dealkylation sites (N-methyl/N-ethyl adjacent to an activating group) is 1. The van der Waals surface area contributed by atoms with Crippen molar-refractivity contribution >= 4 is 34.6 Å². The molecule has 0 spiro atoms. The third-order valence-electron chi connectivity index (χ3n) is 6.60. The summed E-state index contributed by atoms with van der Waals surface area (Å²) < 4.78 is 13.4. The van der Waals surface area contributed by atoms with Gasteiger partial charge in [0.2, 0.25) is 0 Å². The fraction of sp³-hybridized carbons (Fsp3) is 0.188. The van der Waals surface area contributed by atoms with Crippen LogP contribution in [0.15, 0.2) is 94.8 Å². The second-order valence-corrected chi connectivity index (χ2v) is 10.2. The van der Waals surface area contributed by atoms with E-state index in [0.29, 0.717) is 23.2 Å². The number of methoxy groups -OCH3 is 1. The lowest BCUT2D eigenvalue weighted by molar-refractivity contribution is -0.122. The van der Waals surface area contributed by atoms with E-state index in [0.717, 1.165) is 45.4 Å². The van der Waals surface area contributed by atoms with E-state index in [1.54, 1.807) is 12.0 Å². The normalized spacial score (nSPS) is 15.4. The first-order valence-corrected chi connectivity index (χ1v) is 13.7. The third-order valence-corrected chi connectivity index (χ3v) is 7.61. The lowest BCUT2D eigenvalue weighted by Crippen LogP contribution is -2.28. The average Bonchev–Trinajstić information content (AvgIpc) is 3.41. The lowest BCUT2D eigenvalue weighted by atomic mass is 10.2. The van der Waals surface area contributed by atoms with Crippen molar-refractivity contribution in [1.29, 1.82) is 0 Å². The van der Waals surface area contributed by atoms with Crippen molar-refractivity contribution in [3.8, 4) is 17.2 Å². The number of benzene rings is 3. The summed E-state index contributed by atoms with van der Waals surface area (Å²) in [4.78, 5) is 20.3. The van der Waals surface area contributed by atoms with Crippen molar-refractivity contribution in [3.63, 3.8) is 0 Å². The van der Waals surface area contributed by atoms with Gasteiger partial charge in [0.05, 0.1) is 17.7 Å². The van der Waals surface area contributed by atoms with Crippen LogP contribution in [0.25, 0.3) is 11.8 Å². The maximum Gasteiger partial charge on any atom is 0.266 e. The summed E-state index contributed by atoms with van der Waals surface area (Å²) in [6, 6.07) is 27.9. The minimum atomic E-state index is -0.0283. The Bertz CT molecular complexity index is 1520. The van der Waals surface area contributed by atoms with Crippen molar-refractivity contribution in [2.24, 2.45) is 4.99 Å². The first-order valence-electron chi connectivity index (χ1n) is 12.9. The summed E-state index contributed by atoms with van der Waals surface area (Å²) >= 11 is 1.41. The van der Waals surface area contributed by atoms with Gasteiger partial charge >= 0.3 is 0 Å². The van der Waals surface area contributed by atoms with Crippen LogP contribution in [0.5, 0.6) is 11.5 Å². The van der Waals surface area contributed by atoms with Crippen LogP contribution in [0.1, 0.15) is 29.4 Å². The van der Waals surface area contributed by atoms with Crippen LogP contribution in [0.4, 0.5) is 5.69 Å². The van der Waals surface area contributed by atoms with Gasteiger partial charge in [0.1, 0.15) is 18.1 Å². The number of carbonyl (C=O) groups is 1. The summed E-state index contributed by atoms with van der Waals surface area (Å²) in [7, 11) is 1.63. The Hall–Kier alpha value is -4.23. The van der Waals surface area contributed by atoms with Crippen LogP contribution in [0, 0.1) is 13.8 Å². The Balaban J connectivity index is 1.36. The number of aryl methyl sites for hydroxylation is 1. The van der Waals surface area contributed by atoms with E-state index in [9.17, 15) is 4.79 Å². The van der Waals surface area contributed by atoms with Gasteiger partial charge in [-0.3, -0.25) is 9.69 Å². The SMILES string of the molecule is CCN1C(=O)/C(=C\c2cc(C)n(-c3ccc(OCc4ccccc4)cc3)c2C)SC1=Nc1ccc(OC)cc1. The highest BCUT2D eigenvalue weighted by atomic mass is 32.2. The number of hydrogen-bond donors (Lipinski definition) is 0. The average molecular weight is 538 g/mol. The number of amides is 1. The van der Waals surface area contributed by atoms with Crippen molar-refractivity contribution < 1.29 is 14.3 Å². The quantitative estimate of drug-likeness (QED) is 0.221. The third kappa shape index (κ3) is 5.78. The molecule has 39 heavy (non-hydrogen) atoms. The number of thioether (sulfide) groups is 1. The topological polar surface area (TPSA) is 56.1 Å². The molecule has 0 saturated carbocycles. The van der Waals surface area contributed by atoms with Crippen LogP contribution in [0.3, 0.4) is 0 Å². The molecule has 7 heteroatoms. The number of rotatable bonds is 8. The molecule has 0 atom stereocenters. The molecule has 1 amide bonds. The minimum absolute atomic E-state index is 0.0283. The van der Waals surface area contributed by atoms with E-state index in [-0.39, 0.29) is 5.91 Å². The molecule has 0 unspecified atom stereocenters. The Morgan fingerprint density at radius 1 is 0.923 bits per heavy atom. The summed E-state index contributed by atoms with van der Waals surface area (Å²) in [5.74, 6) is 1.56. The molecule has 1 fully saturated rings. The van der Waals surface area contributed by atoms with Gasteiger partial charge in [-0.2, -0.15) is 0 Å². The highest BCUT2D eigenvalue weighted by molar-refractivity contribution is 8.18. The van der Waals surface area contributed by atoms with Gasteiger partial charge in [0.25, 0.3) is 5.91 Å². The standard InChI is InChI=1S/C32H31N3O3S/c1-5-34-31(36)30(39-32(34)33-26-11-15-28(37-4)16-12-26)20-25-19-22(2)35(23(25)3)27-13-17-29(18-14-27)38-21-24-9-7-6-8-10-24/h6-20H,5,21H2,1-4H3/b30-20+,33-32?.